The van der Waals surface area contributed by atoms with E-state index in [0.29, 0.717) is 0 Å². The lowest BCUT2D eigenvalue weighted by Crippen LogP contribution is -2.63. The molecule has 0 saturated carbocycles. The smallest absolute Gasteiger partial charge is 0.244 e. The molecule has 0 saturated heterocycles. The zero-order valence-electron chi connectivity index (χ0n) is 21.1. The molecule has 0 radical (unpaired) electrons. The molecule has 0 N–H and O–H groups in total. The number of pyridine rings is 3. The number of para-hydroxylation sites is 1. The summed E-state index contributed by atoms with van der Waals surface area (Å²) in [4.78, 5) is 16.9. The van der Waals surface area contributed by atoms with E-state index in [4.69, 9.17) is 15.0 Å². The highest BCUT2D eigenvalue weighted by molar-refractivity contribution is 6.96. The number of benzene rings is 3. The summed E-state index contributed by atoms with van der Waals surface area (Å²) in [6.07, 6.45) is 9.75. The Bertz CT molecular complexity index is 1600. The third-order valence-electron chi connectivity index (χ3n) is 8.21. The van der Waals surface area contributed by atoms with E-state index >= 15 is 0 Å². The lowest BCUT2D eigenvalue weighted by molar-refractivity contribution is 0.700. The SMILES string of the molecule is c1ccc(B2c3ccccc3C3(c4cnccc4N(c4ccccc4)c4ccncc43)c3ncccc32)cc1. The first-order valence-electron chi connectivity index (χ1n) is 13.2. The molecule has 5 heteroatoms. The highest BCUT2D eigenvalue weighted by Gasteiger charge is 2.53. The fourth-order valence-corrected chi connectivity index (χ4v) is 6.77. The van der Waals surface area contributed by atoms with Crippen LogP contribution in [0, 0.1) is 0 Å². The molecule has 2 aliphatic heterocycles. The molecular weight excluding hydrogens is 475 g/mol. The molecular formula is C34H23BN4. The van der Waals surface area contributed by atoms with Crippen molar-refractivity contribution in [2.75, 3.05) is 4.90 Å². The van der Waals surface area contributed by atoms with E-state index in [1.54, 1.807) is 0 Å². The standard InChI is InChI=1S/C34H23BN4/c1-3-10-24(11-4-1)35-29-15-8-7-14-26(29)34(33-30(35)16-9-19-38-33)27-22-36-20-17-31(27)39(25-12-5-2-6-13-25)32-18-21-37-23-28(32)34/h1-23H. The Labute approximate surface area is 227 Å². The summed E-state index contributed by atoms with van der Waals surface area (Å²) >= 11 is 0. The van der Waals surface area contributed by atoms with Gasteiger partial charge < -0.3 is 4.90 Å². The molecule has 6 aromatic rings. The summed E-state index contributed by atoms with van der Waals surface area (Å²) in [6, 6.07) is 38.7. The Hall–Kier alpha value is -5.03. The van der Waals surface area contributed by atoms with Crippen molar-refractivity contribution < 1.29 is 0 Å². The Morgan fingerprint density at radius 1 is 0.538 bits per heavy atom. The number of nitrogens with zero attached hydrogens (tertiary/aromatic N) is 4. The van der Waals surface area contributed by atoms with Crippen LogP contribution in [0.5, 0.6) is 0 Å². The van der Waals surface area contributed by atoms with Gasteiger partial charge in [-0.1, -0.05) is 89.8 Å². The average molecular weight is 498 g/mol. The predicted octanol–water partition coefficient (Wildman–Crippen LogP) is 4.87. The van der Waals surface area contributed by atoms with Crippen molar-refractivity contribution in [3.05, 3.63) is 163 Å². The van der Waals surface area contributed by atoms with Crippen LogP contribution >= 0.6 is 0 Å². The van der Waals surface area contributed by atoms with Gasteiger partial charge in [-0.25, -0.2) is 0 Å². The summed E-state index contributed by atoms with van der Waals surface area (Å²) in [7, 11) is 0. The van der Waals surface area contributed by atoms with Gasteiger partial charge in [-0.05, 0) is 41.4 Å². The van der Waals surface area contributed by atoms with Crippen LogP contribution in [-0.2, 0) is 5.41 Å². The van der Waals surface area contributed by atoms with Crippen LogP contribution in [0.3, 0.4) is 0 Å². The molecule has 182 valence electrons. The lowest BCUT2D eigenvalue weighted by Gasteiger charge is -2.48. The highest BCUT2D eigenvalue weighted by Crippen LogP contribution is 2.56. The molecule has 0 unspecified atom stereocenters. The van der Waals surface area contributed by atoms with Gasteiger partial charge in [-0.15, -0.1) is 0 Å². The van der Waals surface area contributed by atoms with E-state index < -0.39 is 5.41 Å². The van der Waals surface area contributed by atoms with Crippen molar-refractivity contribution in [2.24, 2.45) is 0 Å². The molecule has 4 nitrogen and oxygen atoms in total. The zero-order chi connectivity index (χ0) is 25.8. The van der Waals surface area contributed by atoms with Gasteiger partial charge in [0.1, 0.15) is 0 Å². The highest BCUT2D eigenvalue weighted by atomic mass is 15.2. The molecule has 0 fully saturated rings. The van der Waals surface area contributed by atoms with Gasteiger partial charge in [0.2, 0.25) is 6.71 Å². The Morgan fingerprint density at radius 2 is 1.15 bits per heavy atom. The van der Waals surface area contributed by atoms with Crippen molar-refractivity contribution in [3.8, 4) is 0 Å². The topological polar surface area (TPSA) is 41.9 Å². The molecule has 3 aromatic carbocycles. The third-order valence-corrected chi connectivity index (χ3v) is 8.21. The number of hydrogen-bond acceptors (Lipinski definition) is 4. The quantitative estimate of drug-likeness (QED) is 0.319. The zero-order valence-corrected chi connectivity index (χ0v) is 21.1. The maximum absolute atomic E-state index is 5.19. The van der Waals surface area contributed by atoms with Crippen LogP contribution in [0.4, 0.5) is 17.1 Å². The largest absolute Gasteiger partial charge is 0.310 e. The van der Waals surface area contributed by atoms with Crippen LogP contribution < -0.4 is 21.3 Å². The molecule has 0 amide bonds. The minimum Gasteiger partial charge on any atom is -0.310 e. The number of hydrogen-bond donors (Lipinski definition) is 0. The molecule has 1 spiro atoms. The average Bonchev–Trinajstić information content (AvgIpc) is 3.02. The van der Waals surface area contributed by atoms with E-state index in [9.17, 15) is 0 Å². The normalized spacial score (nSPS) is 14.3. The Balaban J connectivity index is 1.53. The summed E-state index contributed by atoms with van der Waals surface area (Å²) in [6.45, 7) is 0.0733. The molecule has 0 bridgehead atoms. The van der Waals surface area contributed by atoms with Crippen LogP contribution in [0.15, 0.2) is 140 Å². The molecule has 39 heavy (non-hydrogen) atoms. The first-order valence-corrected chi connectivity index (χ1v) is 13.2. The third kappa shape index (κ3) is 2.98. The van der Waals surface area contributed by atoms with Gasteiger partial charge in [0.05, 0.1) is 22.5 Å². The van der Waals surface area contributed by atoms with Crippen molar-refractivity contribution in [1.82, 2.24) is 15.0 Å². The second kappa shape index (κ2) is 8.50. The first-order chi connectivity index (χ1) is 19.4. The Kier molecular flexibility index (Phi) is 4.80. The van der Waals surface area contributed by atoms with E-state index in [-0.39, 0.29) is 6.71 Å². The van der Waals surface area contributed by atoms with E-state index in [0.717, 1.165) is 33.9 Å². The molecule has 2 aliphatic rings. The van der Waals surface area contributed by atoms with Gasteiger partial charge >= 0.3 is 0 Å². The summed E-state index contributed by atoms with van der Waals surface area (Å²) in [5.41, 5.74) is 10.8. The summed E-state index contributed by atoms with van der Waals surface area (Å²) in [5.74, 6) is 0. The minimum absolute atomic E-state index is 0.0733. The van der Waals surface area contributed by atoms with Gasteiger partial charge in [0.25, 0.3) is 0 Å². The van der Waals surface area contributed by atoms with Crippen molar-refractivity contribution >= 4 is 40.2 Å². The maximum Gasteiger partial charge on any atom is 0.244 e. The number of anilines is 3. The molecule has 0 atom stereocenters. The van der Waals surface area contributed by atoms with Gasteiger partial charge in [0, 0.05) is 47.8 Å². The summed E-state index contributed by atoms with van der Waals surface area (Å²) < 4.78 is 0. The Morgan fingerprint density at radius 3 is 1.87 bits per heavy atom. The van der Waals surface area contributed by atoms with Crippen molar-refractivity contribution in [3.63, 3.8) is 0 Å². The fourth-order valence-electron chi connectivity index (χ4n) is 6.77. The number of fused-ring (bicyclic) bond motifs is 8. The molecule has 3 aromatic heterocycles. The van der Waals surface area contributed by atoms with Crippen LogP contribution in [0.2, 0.25) is 0 Å². The van der Waals surface area contributed by atoms with Crippen molar-refractivity contribution in [2.45, 2.75) is 5.41 Å². The van der Waals surface area contributed by atoms with Crippen LogP contribution in [0.25, 0.3) is 0 Å². The monoisotopic (exact) mass is 498 g/mol. The van der Waals surface area contributed by atoms with E-state index in [1.165, 1.54) is 22.0 Å². The minimum atomic E-state index is -0.670. The predicted molar refractivity (Wildman–Crippen MR) is 157 cm³/mol. The van der Waals surface area contributed by atoms with Crippen LogP contribution in [0.1, 0.15) is 22.4 Å². The van der Waals surface area contributed by atoms with Crippen LogP contribution in [-0.4, -0.2) is 21.7 Å². The number of rotatable bonds is 2. The van der Waals surface area contributed by atoms with Gasteiger partial charge in [0.15, 0.2) is 0 Å². The molecule has 8 rings (SSSR count). The molecule has 5 heterocycles. The second-order valence-electron chi connectivity index (χ2n) is 10.1. The van der Waals surface area contributed by atoms with Gasteiger partial charge in [-0.2, -0.15) is 0 Å². The number of aromatic nitrogens is 3. The van der Waals surface area contributed by atoms with Gasteiger partial charge in [-0.3, -0.25) is 15.0 Å². The first kappa shape index (κ1) is 22.0. The molecule has 0 aliphatic carbocycles. The fraction of sp³-hybridized carbons (Fsp3) is 0.0294. The van der Waals surface area contributed by atoms with E-state index in [1.807, 2.05) is 31.0 Å². The lowest BCUT2D eigenvalue weighted by atomic mass is 9.31. The maximum atomic E-state index is 5.19. The van der Waals surface area contributed by atoms with E-state index in [2.05, 4.69) is 114 Å². The van der Waals surface area contributed by atoms with Crippen molar-refractivity contribution in [1.29, 1.82) is 0 Å². The summed E-state index contributed by atoms with van der Waals surface area (Å²) in [5, 5.41) is 0. The second-order valence-corrected chi connectivity index (χ2v) is 10.1.